The molecule has 0 amide bonds. The fraction of sp³-hybridized carbons (Fsp3) is 0.167. The van der Waals surface area contributed by atoms with Gasteiger partial charge in [-0.2, -0.15) is 5.26 Å². The van der Waals surface area contributed by atoms with E-state index in [4.69, 9.17) is 11.6 Å². The first-order valence-electron chi connectivity index (χ1n) is 9.48. The van der Waals surface area contributed by atoms with Crippen LogP contribution in [-0.4, -0.2) is 15.0 Å². The zero-order valence-corrected chi connectivity index (χ0v) is 17.8. The van der Waals surface area contributed by atoms with Crippen LogP contribution in [0.5, 0.6) is 0 Å². The minimum Gasteiger partial charge on any atom is -0.305 e. The first-order chi connectivity index (χ1) is 14.3. The van der Waals surface area contributed by atoms with E-state index in [0.29, 0.717) is 21.6 Å². The van der Waals surface area contributed by atoms with E-state index >= 15 is 0 Å². The second kappa shape index (κ2) is 7.40. The van der Waals surface area contributed by atoms with Crippen molar-refractivity contribution in [3.63, 3.8) is 0 Å². The lowest BCUT2D eigenvalue weighted by molar-refractivity contribution is 1.12. The number of allylic oxidation sites excluding steroid dienone is 1. The van der Waals surface area contributed by atoms with Gasteiger partial charge in [-0.1, -0.05) is 29.8 Å². The predicted octanol–water partition coefficient (Wildman–Crippen LogP) is 5.42. The molecule has 4 rings (SSSR count). The molecule has 0 saturated heterocycles. The second-order valence-corrected chi connectivity index (χ2v) is 7.87. The van der Waals surface area contributed by atoms with E-state index in [1.165, 1.54) is 0 Å². The van der Waals surface area contributed by atoms with Crippen LogP contribution in [-0.2, 0) is 0 Å². The number of rotatable bonds is 2. The summed E-state index contributed by atoms with van der Waals surface area (Å²) in [5.41, 5.74) is 5.99. The third-order valence-corrected chi connectivity index (χ3v) is 5.62. The number of aromatic nitrogens is 3. The summed E-state index contributed by atoms with van der Waals surface area (Å²) >= 11 is 6.43. The fourth-order valence-electron chi connectivity index (χ4n) is 3.61. The molecule has 1 N–H and O–H groups in total. The van der Waals surface area contributed by atoms with E-state index in [-0.39, 0.29) is 17.0 Å². The van der Waals surface area contributed by atoms with Gasteiger partial charge >= 0.3 is 0 Å². The minimum absolute atomic E-state index is 0.207. The maximum atomic E-state index is 12.6. The van der Waals surface area contributed by atoms with Crippen molar-refractivity contribution >= 4 is 45.1 Å². The van der Waals surface area contributed by atoms with Gasteiger partial charge in [-0.15, -0.1) is 0 Å². The zero-order valence-electron chi connectivity index (χ0n) is 17.1. The molecule has 2 heterocycles. The second-order valence-electron chi connectivity index (χ2n) is 7.51. The van der Waals surface area contributed by atoms with Crippen LogP contribution in [0.3, 0.4) is 0 Å². The molecule has 2 aromatic carbocycles. The Morgan fingerprint density at radius 1 is 1.07 bits per heavy atom. The highest BCUT2D eigenvalue weighted by atomic mass is 35.5. The number of fused-ring (bicyclic) bond motifs is 2. The third-order valence-electron chi connectivity index (χ3n) is 5.31. The highest BCUT2D eigenvalue weighted by Gasteiger charge is 2.13. The van der Waals surface area contributed by atoms with Gasteiger partial charge in [-0.05, 0) is 68.2 Å². The molecule has 5 nitrogen and oxygen atoms in total. The van der Waals surface area contributed by atoms with E-state index in [9.17, 15) is 10.1 Å². The summed E-state index contributed by atoms with van der Waals surface area (Å²) < 4.78 is 0. The minimum atomic E-state index is -0.281. The van der Waals surface area contributed by atoms with E-state index in [1.807, 2.05) is 52.0 Å². The van der Waals surface area contributed by atoms with Crippen LogP contribution in [0.2, 0.25) is 5.15 Å². The lowest BCUT2D eigenvalue weighted by Gasteiger charge is -2.08. The number of halogens is 1. The summed E-state index contributed by atoms with van der Waals surface area (Å²) in [4.78, 5) is 24.4. The number of aromatic amines is 1. The van der Waals surface area contributed by atoms with Crippen molar-refractivity contribution in [2.75, 3.05) is 0 Å². The quantitative estimate of drug-likeness (QED) is 0.350. The number of nitriles is 1. The maximum absolute atomic E-state index is 12.6. The predicted molar refractivity (Wildman–Crippen MR) is 122 cm³/mol. The van der Waals surface area contributed by atoms with Crippen LogP contribution in [0.1, 0.15) is 33.6 Å². The van der Waals surface area contributed by atoms with Gasteiger partial charge in [0, 0.05) is 10.9 Å². The van der Waals surface area contributed by atoms with Gasteiger partial charge in [0.15, 0.2) is 5.82 Å². The summed E-state index contributed by atoms with van der Waals surface area (Å²) in [6, 6.07) is 11.8. The number of pyridine rings is 1. The molecule has 0 aliphatic carbocycles. The SMILES string of the molecule is Cc1cc(C)c2nc(C(C#N)=Cc3cc4ccc(C)c(C)c4nc3Cl)[nH]c(=O)c2c1. The van der Waals surface area contributed by atoms with E-state index in [0.717, 1.165) is 33.2 Å². The third kappa shape index (κ3) is 3.36. The number of hydrogen-bond donors (Lipinski definition) is 1. The zero-order chi connectivity index (χ0) is 21.6. The van der Waals surface area contributed by atoms with Crippen molar-refractivity contribution in [2.24, 2.45) is 0 Å². The highest BCUT2D eigenvalue weighted by molar-refractivity contribution is 6.31. The van der Waals surface area contributed by atoms with Gasteiger partial charge in [0.2, 0.25) is 0 Å². The topological polar surface area (TPSA) is 82.4 Å². The van der Waals surface area contributed by atoms with Crippen LogP contribution in [0.15, 0.2) is 35.1 Å². The number of benzene rings is 2. The van der Waals surface area contributed by atoms with Gasteiger partial charge in [0.05, 0.1) is 22.0 Å². The largest absolute Gasteiger partial charge is 0.305 e. The van der Waals surface area contributed by atoms with Crippen molar-refractivity contribution < 1.29 is 0 Å². The first kappa shape index (κ1) is 19.8. The monoisotopic (exact) mass is 414 g/mol. The average molecular weight is 415 g/mol. The normalized spacial score (nSPS) is 11.8. The Bertz CT molecular complexity index is 1480. The molecule has 0 aliphatic rings. The Morgan fingerprint density at radius 3 is 2.57 bits per heavy atom. The van der Waals surface area contributed by atoms with Crippen LogP contribution < -0.4 is 5.56 Å². The van der Waals surface area contributed by atoms with E-state index in [1.54, 1.807) is 12.1 Å². The summed E-state index contributed by atoms with van der Waals surface area (Å²) in [7, 11) is 0. The smallest absolute Gasteiger partial charge is 0.259 e. The van der Waals surface area contributed by atoms with Gasteiger partial charge in [0.25, 0.3) is 5.56 Å². The van der Waals surface area contributed by atoms with Crippen LogP contribution in [0.25, 0.3) is 33.5 Å². The molecule has 0 fully saturated rings. The molecule has 0 saturated carbocycles. The maximum Gasteiger partial charge on any atom is 0.259 e. The Morgan fingerprint density at radius 2 is 1.83 bits per heavy atom. The number of nitrogens with zero attached hydrogens (tertiary/aromatic N) is 3. The molecule has 0 aliphatic heterocycles. The molecule has 30 heavy (non-hydrogen) atoms. The lowest BCUT2D eigenvalue weighted by Crippen LogP contribution is -2.12. The van der Waals surface area contributed by atoms with Crippen LogP contribution >= 0.6 is 11.6 Å². The molecule has 148 valence electrons. The summed E-state index contributed by atoms with van der Waals surface area (Å²) in [6.07, 6.45) is 1.61. The van der Waals surface area contributed by atoms with Gasteiger partial charge < -0.3 is 4.98 Å². The average Bonchev–Trinajstić information content (AvgIpc) is 2.70. The molecule has 6 heteroatoms. The van der Waals surface area contributed by atoms with Crippen LogP contribution in [0.4, 0.5) is 0 Å². The van der Waals surface area contributed by atoms with Crippen molar-refractivity contribution in [1.29, 1.82) is 5.26 Å². The van der Waals surface area contributed by atoms with Crippen molar-refractivity contribution in [3.8, 4) is 6.07 Å². The number of H-pyrrole nitrogens is 1. The van der Waals surface area contributed by atoms with Crippen molar-refractivity contribution in [2.45, 2.75) is 27.7 Å². The number of aryl methyl sites for hydroxylation is 4. The summed E-state index contributed by atoms with van der Waals surface area (Å²) in [5.74, 6) is 0.207. The molecular formula is C24H19ClN4O. The molecule has 0 spiro atoms. The Kier molecular flexibility index (Phi) is 4.89. The Labute approximate surface area is 178 Å². The van der Waals surface area contributed by atoms with E-state index in [2.05, 4.69) is 21.0 Å². The molecule has 0 radical (unpaired) electrons. The molecule has 2 aromatic heterocycles. The molecule has 4 aromatic rings. The van der Waals surface area contributed by atoms with E-state index < -0.39 is 0 Å². The Balaban J connectivity index is 1.91. The standard InChI is InChI=1S/C24H19ClN4O/c1-12-7-14(3)20-19(8-12)24(30)29-23(28-20)18(11-26)10-17-9-16-6-5-13(2)15(4)21(16)27-22(17)25/h5-10H,1-4H3,(H,28,29,30). The van der Waals surface area contributed by atoms with Crippen LogP contribution in [0, 0.1) is 39.0 Å². The number of nitrogens with one attached hydrogen (secondary N) is 1. The van der Waals surface area contributed by atoms with Gasteiger partial charge in [-0.3, -0.25) is 4.79 Å². The Hall–Kier alpha value is -3.49. The summed E-state index contributed by atoms with van der Waals surface area (Å²) in [5, 5.41) is 11.5. The first-order valence-corrected chi connectivity index (χ1v) is 9.86. The fourth-order valence-corrected chi connectivity index (χ4v) is 3.80. The van der Waals surface area contributed by atoms with Gasteiger partial charge in [0.1, 0.15) is 11.2 Å². The highest BCUT2D eigenvalue weighted by Crippen LogP contribution is 2.27. The van der Waals surface area contributed by atoms with Crippen molar-refractivity contribution in [1.82, 2.24) is 15.0 Å². The van der Waals surface area contributed by atoms with Crippen molar-refractivity contribution in [3.05, 3.63) is 79.5 Å². The summed E-state index contributed by atoms with van der Waals surface area (Å²) in [6.45, 7) is 7.86. The lowest BCUT2D eigenvalue weighted by atomic mass is 10.0. The molecule has 0 atom stereocenters. The molecule has 0 unspecified atom stereocenters. The van der Waals surface area contributed by atoms with Gasteiger partial charge in [-0.25, -0.2) is 9.97 Å². The molecular weight excluding hydrogens is 396 g/mol. The molecule has 0 bridgehead atoms. The number of hydrogen-bond acceptors (Lipinski definition) is 4.